The van der Waals surface area contributed by atoms with Crippen LogP contribution >= 0.6 is 0 Å². The van der Waals surface area contributed by atoms with Crippen LogP contribution in [0, 0.1) is 0 Å². The molecule has 0 spiro atoms. The molecule has 0 aliphatic heterocycles. The summed E-state index contributed by atoms with van der Waals surface area (Å²) in [6, 6.07) is 11.7. The molecular formula is C16H13KO5S. The Balaban J connectivity index is 0.00000192. The first-order valence-corrected chi connectivity index (χ1v) is 7.90. The van der Waals surface area contributed by atoms with Crippen molar-refractivity contribution in [2.24, 2.45) is 0 Å². The van der Waals surface area contributed by atoms with E-state index in [1.165, 1.54) is 19.2 Å². The quantitative estimate of drug-likeness (QED) is 0.373. The molecule has 0 saturated carbocycles. The first-order valence-electron chi connectivity index (χ1n) is 6.49. The summed E-state index contributed by atoms with van der Waals surface area (Å²) in [5.74, 6) is 1.12. The molecule has 5 nitrogen and oxygen atoms in total. The largest absolute Gasteiger partial charge is 1.00 e. The van der Waals surface area contributed by atoms with Gasteiger partial charge in [-0.05, 0) is 18.2 Å². The Hall–Kier alpha value is -0.674. The van der Waals surface area contributed by atoms with Crippen LogP contribution in [0.1, 0.15) is 0 Å². The molecule has 0 fully saturated rings. The number of fused-ring (bicyclic) bond motifs is 2. The first-order chi connectivity index (χ1) is 10.5. The zero-order valence-corrected chi connectivity index (χ0v) is 16.9. The minimum absolute atomic E-state index is 0. The molecule has 0 bridgehead atoms. The van der Waals surface area contributed by atoms with Crippen LogP contribution in [0.5, 0.6) is 11.5 Å². The Morgan fingerprint density at radius 2 is 1.30 bits per heavy atom. The van der Waals surface area contributed by atoms with Crippen molar-refractivity contribution in [1.29, 1.82) is 0 Å². The zero-order valence-electron chi connectivity index (χ0n) is 13.0. The molecule has 0 heterocycles. The number of methoxy groups -OCH3 is 2. The van der Waals surface area contributed by atoms with Gasteiger partial charge < -0.3 is 14.0 Å². The summed E-state index contributed by atoms with van der Waals surface area (Å²) in [4.78, 5) is -0.296. The monoisotopic (exact) mass is 356 g/mol. The fourth-order valence-corrected chi connectivity index (χ4v) is 3.17. The second kappa shape index (κ2) is 7.06. The average Bonchev–Trinajstić information content (AvgIpc) is 2.51. The third kappa shape index (κ3) is 3.27. The van der Waals surface area contributed by atoms with Gasteiger partial charge in [0.25, 0.3) is 0 Å². The van der Waals surface area contributed by atoms with E-state index in [1.807, 2.05) is 24.3 Å². The molecule has 0 unspecified atom stereocenters. The van der Waals surface area contributed by atoms with Gasteiger partial charge in [0.15, 0.2) is 0 Å². The minimum atomic E-state index is -4.54. The van der Waals surface area contributed by atoms with Crippen LogP contribution in [-0.2, 0) is 10.1 Å². The van der Waals surface area contributed by atoms with E-state index >= 15 is 0 Å². The van der Waals surface area contributed by atoms with Crippen molar-refractivity contribution in [2.45, 2.75) is 4.90 Å². The van der Waals surface area contributed by atoms with E-state index < -0.39 is 10.1 Å². The fraction of sp³-hybridized carbons (Fsp3) is 0.125. The third-order valence-electron chi connectivity index (χ3n) is 3.59. The Morgan fingerprint density at radius 3 is 1.78 bits per heavy atom. The molecule has 3 aromatic rings. The van der Waals surface area contributed by atoms with Crippen molar-refractivity contribution in [3.8, 4) is 11.5 Å². The molecule has 3 aromatic carbocycles. The summed E-state index contributed by atoms with van der Waals surface area (Å²) in [6.07, 6.45) is 0. The van der Waals surface area contributed by atoms with E-state index in [2.05, 4.69) is 0 Å². The SMILES string of the molecule is COc1c2ccccc2c(OC)c2cc(S(=O)(=O)[O-])ccc12.[K+]. The average molecular weight is 356 g/mol. The van der Waals surface area contributed by atoms with Gasteiger partial charge in [-0.15, -0.1) is 0 Å². The van der Waals surface area contributed by atoms with E-state index in [-0.39, 0.29) is 56.3 Å². The third-order valence-corrected chi connectivity index (χ3v) is 4.42. The van der Waals surface area contributed by atoms with Gasteiger partial charge in [-0.2, -0.15) is 0 Å². The van der Waals surface area contributed by atoms with Gasteiger partial charge in [0.05, 0.1) is 19.1 Å². The van der Waals surface area contributed by atoms with Gasteiger partial charge in [0, 0.05) is 21.5 Å². The van der Waals surface area contributed by atoms with Crippen LogP contribution < -0.4 is 60.9 Å². The van der Waals surface area contributed by atoms with Gasteiger partial charge in [-0.25, -0.2) is 8.42 Å². The Morgan fingerprint density at radius 1 is 0.826 bits per heavy atom. The maximum atomic E-state index is 11.3. The van der Waals surface area contributed by atoms with Crippen LogP contribution in [0.3, 0.4) is 0 Å². The van der Waals surface area contributed by atoms with Gasteiger partial charge >= 0.3 is 51.4 Å². The van der Waals surface area contributed by atoms with Crippen LogP contribution in [0.15, 0.2) is 47.4 Å². The Kier molecular flexibility index (Phi) is 5.73. The summed E-state index contributed by atoms with van der Waals surface area (Å²) in [7, 11) is -1.48. The van der Waals surface area contributed by atoms with Crippen LogP contribution in [0.25, 0.3) is 21.5 Å². The van der Waals surface area contributed by atoms with Crippen molar-refractivity contribution in [3.63, 3.8) is 0 Å². The maximum Gasteiger partial charge on any atom is 1.00 e. The van der Waals surface area contributed by atoms with E-state index in [9.17, 15) is 13.0 Å². The van der Waals surface area contributed by atoms with Gasteiger partial charge in [-0.1, -0.05) is 24.3 Å². The molecule has 0 atom stereocenters. The molecule has 0 amide bonds. The number of rotatable bonds is 3. The molecule has 114 valence electrons. The molecule has 0 aliphatic rings. The van der Waals surface area contributed by atoms with Crippen molar-refractivity contribution < 1.29 is 73.8 Å². The summed E-state index contributed by atoms with van der Waals surface area (Å²) in [5, 5.41) is 2.85. The number of hydrogen-bond donors (Lipinski definition) is 0. The second-order valence-corrected chi connectivity index (χ2v) is 6.15. The first kappa shape index (κ1) is 18.7. The van der Waals surface area contributed by atoms with E-state index in [4.69, 9.17) is 9.47 Å². The number of hydrogen-bond acceptors (Lipinski definition) is 5. The topological polar surface area (TPSA) is 75.7 Å². The number of benzene rings is 3. The standard InChI is InChI=1S/C16H14O5S.K/c1-20-15-11-5-3-4-6-12(11)16(21-2)14-9-10(22(17,18)19)7-8-13(14)15;/h3-9H,1-2H3,(H,17,18,19);/q;+1/p-1. The fourth-order valence-electron chi connectivity index (χ4n) is 2.67. The van der Waals surface area contributed by atoms with Crippen molar-refractivity contribution in [2.75, 3.05) is 14.2 Å². The normalized spacial score (nSPS) is 11.3. The maximum absolute atomic E-state index is 11.3. The van der Waals surface area contributed by atoms with Gasteiger partial charge in [0.1, 0.15) is 21.6 Å². The summed E-state index contributed by atoms with van der Waals surface area (Å²) in [5.41, 5.74) is 0. The van der Waals surface area contributed by atoms with E-state index in [1.54, 1.807) is 13.2 Å². The van der Waals surface area contributed by atoms with Crippen molar-refractivity contribution in [3.05, 3.63) is 42.5 Å². The van der Waals surface area contributed by atoms with Crippen molar-refractivity contribution in [1.82, 2.24) is 0 Å². The van der Waals surface area contributed by atoms with Crippen LogP contribution in [-0.4, -0.2) is 27.2 Å². The molecule has 0 radical (unpaired) electrons. The molecule has 0 aromatic heterocycles. The molecule has 0 saturated heterocycles. The number of ether oxygens (including phenoxy) is 2. The minimum Gasteiger partial charge on any atom is -0.744 e. The second-order valence-electron chi connectivity index (χ2n) is 4.77. The predicted molar refractivity (Wildman–Crippen MR) is 82.5 cm³/mol. The molecule has 7 heteroatoms. The molecule has 0 N–H and O–H groups in total. The van der Waals surface area contributed by atoms with Gasteiger partial charge in [-0.3, -0.25) is 0 Å². The Bertz CT molecular complexity index is 983. The van der Waals surface area contributed by atoms with E-state index in [0.29, 0.717) is 22.3 Å². The summed E-state index contributed by atoms with van der Waals surface area (Å²) < 4.78 is 44.7. The molecular weight excluding hydrogens is 343 g/mol. The van der Waals surface area contributed by atoms with Gasteiger partial charge in [0.2, 0.25) is 0 Å². The van der Waals surface area contributed by atoms with Crippen molar-refractivity contribution >= 4 is 31.7 Å². The zero-order chi connectivity index (χ0) is 15.9. The molecule has 0 aliphatic carbocycles. The molecule has 23 heavy (non-hydrogen) atoms. The summed E-state index contributed by atoms with van der Waals surface area (Å²) in [6.45, 7) is 0. The van der Waals surface area contributed by atoms with E-state index in [0.717, 1.165) is 10.8 Å². The summed E-state index contributed by atoms with van der Waals surface area (Å²) >= 11 is 0. The Labute approximate surface area is 176 Å². The molecule has 3 rings (SSSR count). The smallest absolute Gasteiger partial charge is 0.744 e. The van der Waals surface area contributed by atoms with Crippen LogP contribution in [0.4, 0.5) is 0 Å². The predicted octanol–water partition coefficient (Wildman–Crippen LogP) is -0.0817. The van der Waals surface area contributed by atoms with Crippen LogP contribution in [0.2, 0.25) is 0 Å².